The molecule has 0 aliphatic carbocycles. The molecule has 2 heteroatoms. The maximum absolute atomic E-state index is 10.7. The van der Waals surface area contributed by atoms with E-state index in [0.717, 1.165) is 19.3 Å². The second-order valence-electron chi connectivity index (χ2n) is 2.35. The van der Waals surface area contributed by atoms with Crippen molar-refractivity contribution < 1.29 is 9.53 Å². The van der Waals surface area contributed by atoms with Crippen molar-refractivity contribution in [3.63, 3.8) is 0 Å². The molecule has 0 saturated heterocycles. The van der Waals surface area contributed by atoms with E-state index in [2.05, 4.69) is 13.5 Å². The van der Waals surface area contributed by atoms with Crippen LogP contribution in [0.4, 0.5) is 0 Å². The van der Waals surface area contributed by atoms with Gasteiger partial charge < -0.3 is 4.74 Å². The Morgan fingerprint density at radius 3 is 2.73 bits per heavy atom. The van der Waals surface area contributed by atoms with E-state index in [1.807, 2.05) is 0 Å². The van der Waals surface area contributed by atoms with E-state index in [1.165, 1.54) is 6.61 Å². The summed E-state index contributed by atoms with van der Waals surface area (Å²) >= 11 is 0. The average molecular weight is 154 g/mol. The van der Waals surface area contributed by atoms with Crippen molar-refractivity contribution in [1.29, 1.82) is 0 Å². The van der Waals surface area contributed by atoms with E-state index >= 15 is 0 Å². The third-order valence-electron chi connectivity index (χ3n) is 1.11. The van der Waals surface area contributed by atoms with Crippen molar-refractivity contribution in [1.82, 2.24) is 0 Å². The number of carbonyl (C=O) groups excluding carboxylic acids is 1. The zero-order chi connectivity index (χ0) is 8.69. The number of hydrogen-bond donors (Lipinski definition) is 0. The summed E-state index contributed by atoms with van der Waals surface area (Å²) in [6.45, 7) is 10.2. The van der Waals surface area contributed by atoms with Gasteiger partial charge in [0.25, 0.3) is 0 Å². The SMILES string of the molecule is [CH2]CCC[CH]OC(=O)C(=C)C. The molecule has 2 nitrogen and oxygen atoms in total. The van der Waals surface area contributed by atoms with Crippen LogP contribution in [0, 0.1) is 13.5 Å². The third kappa shape index (κ3) is 5.64. The van der Waals surface area contributed by atoms with E-state index < -0.39 is 0 Å². The molecule has 0 heterocycles. The number of ether oxygens (including phenoxy) is 1. The predicted molar refractivity (Wildman–Crippen MR) is 44.4 cm³/mol. The first-order valence-corrected chi connectivity index (χ1v) is 3.66. The summed E-state index contributed by atoms with van der Waals surface area (Å²) in [6, 6.07) is 0. The van der Waals surface area contributed by atoms with Crippen LogP contribution in [0.5, 0.6) is 0 Å². The van der Waals surface area contributed by atoms with Gasteiger partial charge in [0.15, 0.2) is 0 Å². The molecular formula is C9H14O2. The zero-order valence-corrected chi connectivity index (χ0v) is 6.93. The van der Waals surface area contributed by atoms with Crippen LogP contribution in [0.3, 0.4) is 0 Å². The largest absolute Gasteiger partial charge is 0.455 e. The zero-order valence-electron chi connectivity index (χ0n) is 6.93. The molecule has 0 fully saturated rings. The van der Waals surface area contributed by atoms with E-state index in [-0.39, 0.29) is 5.97 Å². The lowest BCUT2D eigenvalue weighted by molar-refractivity contribution is -0.135. The van der Waals surface area contributed by atoms with E-state index in [0.29, 0.717) is 5.57 Å². The molecule has 11 heavy (non-hydrogen) atoms. The molecule has 0 N–H and O–H groups in total. The summed E-state index contributed by atoms with van der Waals surface area (Å²) in [4.78, 5) is 10.7. The molecule has 0 aromatic heterocycles. The first kappa shape index (κ1) is 10.2. The molecule has 62 valence electrons. The van der Waals surface area contributed by atoms with Crippen LogP contribution >= 0.6 is 0 Å². The fraction of sp³-hybridized carbons (Fsp3) is 0.444. The van der Waals surface area contributed by atoms with Crippen molar-refractivity contribution in [3.05, 3.63) is 25.7 Å². The van der Waals surface area contributed by atoms with Crippen molar-refractivity contribution in [3.8, 4) is 0 Å². The van der Waals surface area contributed by atoms with Crippen LogP contribution in [0.1, 0.15) is 26.2 Å². The number of rotatable bonds is 5. The molecule has 0 aliphatic heterocycles. The summed E-state index contributed by atoms with van der Waals surface area (Å²) in [5.74, 6) is -0.353. The van der Waals surface area contributed by atoms with E-state index in [4.69, 9.17) is 4.74 Å². The second kappa shape index (κ2) is 5.96. The standard InChI is InChI=1S/C9H14O2/c1-4-5-6-7-11-9(10)8(2)3/h7H,1-2,4-6H2,3H3. The van der Waals surface area contributed by atoms with E-state index in [9.17, 15) is 4.79 Å². The van der Waals surface area contributed by atoms with Gasteiger partial charge in [-0.05, 0) is 19.8 Å². The number of hydrogen-bond acceptors (Lipinski definition) is 2. The van der Waals surface area contributed by atoms with Gasteiger partial charge in [-0.15, -0.1) is 0 Å². The maximum atomic E-state index is 10.7. The van der Waals surface area contributed by atoms with Gasteiger partial charge in [-0.3, -0.25) is 0 Å². The Hall–Kier alpha value is -0.790. The topological polar surface area (TPSA) is 26.3 Å². The van der Waals surface area contributed by atoms with Gasteiger partial charge in [0.2, 0.25) is 0 Å². The van der Waals surface area contributed by atoms with Gasteiger partial charge in [-0.2, -0.15) is 0 Å². The van der Waals surface area contributed by atoms with E-state index in [1.54, 1.807) is 6.92 Å². The van der Waals surface area contributed by atoms with Crippen LogP contribution in [-0.2, 0) is 9.53 Å². The molecule has 0 atom stereocenters. The van der Waals surface area contributed by atoms with Gasteiger partial charge in [0.1, 0.15) is 6.61 Å². The van der Waals surface area contributed by atoms with Gasteiger partial charge >= 0.3 is 5.97 Å². The Morgan fingerprint density at radius 2 is 2.27 bits per heavy atom. The monoisotopic (exact) mass is 154 g/mol. The lowest BCUT2D eigenvalue weighted by Gasteiger charge is -2.01. The molecule has 0 amide bonds. The quantitative estimate of drug-likeness (QED) is 0.345. The van der Waals surface area contributed by atoms with Crippen LogP contribution in [0.25, 0.3) is 0 Å². The molecule has 0 aromatic carbocycles. The molecule has 0 rings (SSSR count). The molecular weight excluding hydrogens is 140 g/mol. The summed E-state index contributed by atoms with van der Waals surface area (Å²) in [5.41, 5.74) is 0.427. The molecule has 0 aromatic rings. The summed E-state index contributed by atoms with van der Waals surface area (Å²) in [6.07, 6.45) is 2.58. The molecule has 0 spiro atoms. The highest BCUT2D eigenvalue weighted by atomic mass is 16.5. The Morgan fingerprint density at radius 1 is 1.64 bits per heavy atom. The highest BCUT2D eigenvalue weighted by Gasteiger charge is 2.01. The lowest BCUT2D eigenvalue weighted by atomic mass is 10.3. The molecule has 2 radical (unpaired) electrons. The van der Waals surface area contributed by atoms with Gasteiger partial charge in [0, 0.05) is 5.57 Å². The van der Waals surface area contributed by atoms with Crippen LogP contribution < -0.4 is 0 Å². The maximum Gasteiger partial charge on any atom is 0.333 e. The summed E-state index contributed by atoms with van der Waals surface area (Å²) < 4.78 is 4.71. The molecule has 0 unspecified atom stereocenters. The van der Waals surface area contributed by atoms with Crippen LogP contribution in [-0.4, -0.2) is 5.97 Å². The smallest absolute Gasteiger partial charge is 0.333 e. The average Bonchev–Trinajstić information content (AvgIpc) is 1.97. The minimum absolute atomic E-state index is 0.353. The second-order valence-corrected chi connectivity index (χ2v) is 2.35. The van der Waals surface area contributed by atoms with Crippen LogP contribution in [0.15, 0.2) is 12.2 Å². The first-order chi connectivity index (χ1) is 5.18. The van der Waals surface area contributed by atoms with Crippen molar-refractivity contribution >= 4 is 5.97 Å². The number of unbranched alkanes of at least 4 members (excludes halogenated alkanes) is 2. The summed E-state index contributed by atoms with van der Waals surface area (Å²) in [7, 11) is 0. The number of carbonyl (C=O) groups is 1. The highest BCUT2D eigenvalue weighted by Crippen LogP contribution is 2.01. The van der Waals surface area contributed by atoms with Gasteiger partial charge in [-0.25, -0.2) is 4.79 Å². The highest BCUT2D eigenvalue weighted by molar-refractivity contribution is 5.87. The Balaban J connectivity index is 3.25. The Labute approximate surface area is 68.2 Å². The summed E-state index contributed by atoms with van der Waals surface area (Å²) in [5, 5.41) is 0. The number of esters is 1. The minimum atomic E-state index is -0.353. The fourth-order valence-corrected chi connectivity index (χ4v) is 0.463. The minimum Gasteiger partial charge on any atom is -0.455 e. The lowest BCUT2D eigenvalue weighted by Crippen LogP contribution is -2.02. The van der Waals surface area contributed by atoms with Crippen molar-refractivity contribution in [2.24, 2.45) is 0 Å². The Kier molecular flexibility index (Phi) is 5.53. The first-order valence-electron chi connectivity index (χ1n) is 3.66. The van der Waals surface area contributed by atoms with Crippen molar-refractivity contribution in [2.75, 3.05) is 0 Å². The molecule has 0 bridgehead atoms. The van der Waals surface area contributed by atoms with Gasteiger partial charge in [-0.1, -0.05) is 19.9 Å². The molecule has 0 saturated carbocycles. The fourth-order valence-electron chi connectivity index (χ4n) is 0.463. The van der Waals surface area contributed by atoms with Gasteiger partial charge in [0.05, 0.1) is 0 Å². The molecule has 0 aliphatic rings. The van der Waals surface area contributed by atoms with Crippen molar-refractivity contribution in [2.45, 2.75) is 26.2 Å². The predicted octanol–water partition coefficient (Wildman–Crippen LogP) is 2.27. The Bertz CT molecular complexity index is 138. The third-order valence-corrected chi connectivity index (χ3v) is 1.11. The van der Waals surface area contributed by atoms with Crippen LogP contribution in [0.2, 0.25) is 0 Å². The normalized spacial score (nSPS) is 9.27.